The molecule has 0 radical (unpaired) electrons. The summed E-state index contributed by atoms with van der Waals surface area (Å²) in [6.07, 6.45) is -0.500. The van der Waals surface area contributed by atoms with Gasteiger partial charge in [0.2, 0.25) is 6.79 Å². The maximum Gasteiger partial charge on any atom is 0.441 e. The van der Waals surface area contributed by atoms with Crippen LogP contribution < -0.4 is 9.80 Å². The highest BCUT2D eigenvalue weighted by Crippen LogP contribution is 2.31. The molecule has 0 N–H and O–H groups in total. The Balaban J connectivity index is 2.28. The molecular weight excluding hydrogens is 210 g/mol. The third-order valence-electron chi connectivity index (χ3n) is 1.98. The van der Waals surface area contributed by atoms with Crippen LogP contribution in [-0.4, -0.2) is 19.0 Å². The molecule has 0 bridgehead atoms. The fraction of sp³-hybridized carbons (Fsp3) is 0.364. The van der Waals surface area contributed by atoms with Crippen LogP contribution >= 0.6 is 0 Å². The van der Waals surface area contributed by atoms with E-state index in [0.717, 1.165) is 5.06 Å². The highest BCUT2D eigenvalue weighted by atomic mass is 16.9. The molecule has 1 saturated heterocycles. The lowest BCUT2D eigenvalue weighted by atomic mass is 10.3. The summed E-state index contributed by atoms with van der Waals surface area (Å²) < 4.78 is 10.3. The third-order valence-corrected chi connectivity index (χ3v) is 1.98. The summed E-state index contributed by atoms with van der Waals surface area (Å²) in [4.78, 5) is 16.4. The van der Waals surface area contributed by atoms with Crippen molar-refractivity contribution in [2.45, 2.75) is 20.0 Å². The molecule has 1 aliphatic rings. The summed E-state index contributed by atoms with van der Waals surface area (Å²) in [5.41, 5.74) is 0.554. The van der Waals surface area contributed by atoms with Gasteiger partial charge in [-0.25, -0.2) is 9.63 Å². The summed E-state index contributed by atoms with van der Waals surface area (Å²) >= 11 is 0. The Morgan fingerprint density at radius 3 is 2.75 bits per heavy atom. The lowest BCUT2D eigenvalue weighted by Gasteiger charge is -2.17. The smallest absolute Gasteiger partial charge is 0.441 e. The molecule has 1 amide bonds. The largest absolute Gasteiger partial charge is 0.489 e. The molecule has 16 heavy (non-hydrogen) atoms. The number of nitrogens with zero attached hydrogens (tertiary/aromatic N) is 1. The van der Waals surface area contributed by atoms with Gasteiger partial charge in [-0.3, -0.25) is 0 Å². The average molecular weight is 223 g/mol. The summed E-state index contributed by atoms with van der Waals surface area (Å²) in [7, 11) is 0. The molecule has 5 heteroatoms. The van der Waals surface area contributed by atoms with Gasteiger partial charge in [-0.15, -0.1) is 5.06 Å². The molecular formula is C11H13NO4. The van der Waals surface area contributed by atoms with Crippen LogP contribution in [0.2, 0.25) is 0 Å². The molecule has 0 aliphatic carbocycles. The first-order chi connectivity index (χ1) is 7.68. The van der Waals surface area contributed by atoms with E-state index < -0.39 is 6.09 Å². The van der Waals surface area contributed by atoms with Gasteiger partial charge in [-0.1, -0.05) is 12.1 Å². The fourth-order valence-corrected chi connectivity index (χ4v) is 1.39. The van der Waals surface area contributed by atoms with E-state index in [1.165, 1.54) is 0 Å². The molecule has 0 unspecified atom stereocenters. The van der Waals surface area contributed by atoms with Crippen molar-refractivity contribution in [2.75, 3.05) is 11.9 Å². The van der Waals surface area contributed by atoms with Gasteiger partial charge in [0, 0.05) is 0 Å². The van der Waals surface area contributed by atoms with E-state index in [1.807, 2.05) is 19.9 Å². The molecule has 1 fully saturated rings. The zero-order valence-electron chi connectivity index (χ0n) is 9.17. The van der Waals surface area contributed by atoms with Crippen molar-refractivity contribution < 1.29 is 19.1 Å². The van der Waals surface area contributed by atoms with Crippen LogP contribution in [0.4, 0.5) is 10.5 Å². The van der Waals surface area contributed by atoms with Gasteiger partial charge in [-0.2, -0.15) is 0 Å². The number of amides is 1. The molecule has 1 aliphatic heterocycles. The van der Waals surface area contributed by atoms with Crippen LogP contribution in [0.3, 0.4) is 0 Å². The monoisotopic (exact) mass is 223 g/mol. The Hall–Kier alpha value is -1.75. The van der Waals surface area contributed by atoms with Gasteiger partial charge < -0.3 is 9.47 Å². The highest BCUT2D eigenvalue weighted by molar-refractivity contribution is 5.88. The van der Waals surface area contributed by atoms with Crippen molar-refractivity contribution in [1.82, 2.24) is 0 Å². The van der Waals surface area contributed by atoms with Crippen LogP contribution in [0.15, 0.2) is 24.3 Å². The minimum Gasteiger partial charge on any atom is -0.489 e. The second kappa shape index (κ2) is 4.40. The lowest BCUT2D eigenvalue weighted by Crippen LogP contribution is -2.22. The van der Waals surface area contributed by atoms with E-state index in [9.17, 15) is 4.79 Å². The number of hydrogen-bond acceptors (Lipinski definition) is 4. The molecule has 0 saturated carbocycles. The van der Waals surface area contributed by atoms with E-state index in [-0.39, 0.29) is 12.9 Å². The molecule has 0 aromatic heterocycles. The van der Waals surface area contributed by atoms with Crippen molar-refractivity contribution in [3.8, 4) is 5.75 Å². The molecule has 0 spiro atoms. The topological polar surface area (TPSA) is 48.0 Å². The van der Waals surface area contributed by atoms with Crippen molar-refractivity contribution in [3.63, 3.8) is 0 Å². The molecule has 5 nitrogen and oxygen atoms in total. The second-order valence-corrected chi connectivity index (χ2v) is 3.59. The van der Waals surface area contributed by atoms with Gasteiger partial charge >= 0.3 is 6.09 Å². The van der Waals surface area contributed by atoms with E-state index in [4.69, 9.17) is 9.57 Å². The van der Waals surface area contributed by atoms with Crippen LogP contribution in [-0.2, 0) is 9.57 Å². The van der Waals surface area contributed by atoms with Gasteiger partial charge in [0.05, 0.1) is 6.10 Å². The van der Waals surface area contributed by atoms with Gasteiger partial charge in [-0.05, 0) is 26.0 Å². The highest BCUT2D eigenvalue weighted by Gasteiger charge is 2.27. The van der Waals surface area contributed by atoms with Crippen LogP contribution in [0.25, 0.3) is 0 Å². The second-order valence-electron chi connectivity index (χ2n) is 3.59. The third kappa shape index (κ3) is 2.09. The minimum atomic E-state index is -0.528. The number of anilines is 1. The average Bonchev–Trinajstić information content (AvgIpc) is 2.64. The molecule has 1 aromatic rings. The molecule has 1 aromatic carbocycles. The van der Waals surface area contributed by atoms with Crippen LogP contribution in [0.5, 0.6) is 5.75 Å². The summed E-state index contributed by atoms with van der Waals surface area (Å²) in [6.45, 7) is 3.77. The van der Waals surface area contributed by atoms with E-state index in [0.29, 0.717) is 11.4 Å². The first-order valence-corrected chi connectivity index (χ1v) is 5.04. The standard InChI is InChI=1S/C11H13NO4/c1-8(2)16-10-6-4-3-5-9(10)12-11(13)14-7-15-12/h3-6,8H,7H2,1-2H3. The maximum atomic E-state index is 11.3. The van der Waals surface area contributed by atoms with E-state index in [2.05, 4.69) is 4.74 Å². The van der Waals surface area contributed by atoms with Crippen molar-refractivity contribution in [2.24, 2.45) is 0 Å². The fourth-order valence-electron chi connectivity index (χ4n) is 1.39. The maximum absolute atomic E-state index is 11.3. The summed E-state index contributed by atoms with van der Waals surface area (Å²) in [5.74, 6) is 0.594. The zero-order valence-corrected chi connectivity index (χ0v) is 9.17. The Bertz CT molecular complexity index is 391. The van der Waals surface area contributed by atoms with Gasteiger partial charge in [0.15, 0.2) is 0 Å². The van der Waals surface area contributed by atoms with Crippen molar-refractivity contribution in [1.29, 1.82) is 0 Å². The molecule has 1 heterocycles. The van der Waals surface area contributed by atoms with Crippen LogP contribution in [0, 0.1) is 0 Å². The number of benzene rings is 1. The predicted octanol–water partition coefficient (Wildman–Crippen LogP) is 2.32. The number of para-hydroxylation sites is 2. The Labute approximate surface area is 93.5 Å². The number of hydroxylamine groups is 1. The van der Waals surface area contributed by atoms with E-state index >= 15 is 0 Å². The number of carbonyl (C=O) groups excluding carboxylic acids is 1. The summed E-state index contributed by atoms with van der Waals surface area (Å²) in [5, 5.41) is 1.09. The molecule has 86 valence electrons. The first kappa shape index (κ1) is 10.8. The summed E-state index contributed by atoms with van der Waals surface area (Å²) in [6, 6.07) is 7.16. The quantitative estimate of drug-likeness (QED) is 0.789. The van der Waals surface area contributed by atoms with Crippen molar-refractivity contribution >= 4 is 11.8 Å². The minimum absolute atomic E-state index is 0.0276. The number of hydrogen-bond donors (Lipinski definition) is 0. The lowest BCUT2D eigenvalue weighted by molar-refractivity contribution is 0.0698. The van der Waals surface area contributed by atoms with Gasteiger partial charge in [0.1, 0.15) is 11.4 Å². The first-order valence-electron chi connectivity index (χ1n) is 5.04. The normalized spacial score (nSPS) is 15.4. The zero-order chi connectivity index (χ0) is 11.5. The Morgan fingerprint density at radius 2 is 2.12 bits per heavy atom. The number of carbonyl (C=O) groups is 1. The van der Waals surface area contributed by atoms with Gasteiger partial charge in [0.25, 0.3) is 0 Å². The number of rotatable bonds is 3. The number of cyclic esters (lactones) is 1. The van der Waals surface area contributed by atoms with Crippen molar-refractivity contribution in [3.05, 3.63) is 24.3 Å². The Kier molecular flexibility index (Phi) is 2.96. The van der Waals surface area contributed by atoms with Crippen LogP contribution in [0.1, 0.15) is 13.8 Å². The SMILES string of the molecule is CC(C)Oc1ccccc1N1OCOC1=O. The molecule has 2 rings (SSSR count). The Morgan fingerprint density at radius 1 is 1.38 bits per heavy atom. The van der Waals surface area contributed by atoms with E-state index in [1.54, 1.807) is 18.2 Å². The predicted molar refractivity (Wildman–Crippen MR) is 57.1 cm³/mol. The molecule has 0 atom stereocenters. The number of ether oxygens (including phenoxy) is 2.